The van der Waals surface area contributed by atoms with Gasteiger partial charge in [-0.1, -0.05) is 23.9 Å². The van der Waals surface area contributed by atoms with Gasteiger partial charge in [0.2, 0.25) is 11.1 Å². The van der Waals surface area contributed by atoms with Crippen LogP contribution < -0.4 is 10.1 Å². The Morgan fingerprint density at radius 3 is 2.64 bits per heavy atom. The first-order chi connectivity index (χ1) is 13.5. The zero-order chi connectivity index (χ0) is 20.1. The Hall–Kier alpha value is -3.01. The fraction of sp³-hybridized carbons (Fsp3) is 0.222. The van der Waals surface area contributed by atoms with Gasteiger partial charge < -0.3 is 10.1 Å². The number of nitrogens with one attached hydrogen (secondary N) is 1. The van der Waals surface area contributed by atoms with Crippen LogP contribution in [0.2, 0.25) is 0 Å². The number of methoxy groups -OCH3 is 1. The summed E-state index contributed by atoms with van der Waals surface area (Å²) >= 11 is 1.16. The maximum Gasteiger partial charge on any atom is 0.237 e. The molecule has 1 atom stereocenters. The predicted molar refractivity (Wildman–Crippen MR) is 100 cm³/mol. The molecule has 0 bridgehead atoms. The highest BCUT2D eigenvalue weighted by atomic mass is 32.2. The van der Waals surface area contributed by atoms with Crippen molar-refractivity contribution in [1.29, 1.82) is 0 Å². The van der Waals surface area contributed by atoms with E-state index in [1.165, 1.54) is 6.07 Å². The van der Waals surface area contributed by atoms with Gasteiger partial charge in [0.1, 0.15) is 5.75 Å². The van der Waals surface area contributed by atoms with Crippen molar-refractivity contribution in [2.45, 2.75) is 23.9 Å². The number of halogens is 2. The lowest BCUT2D eigenvalue weighted by Crippen LogP contribution is -2.23. The fourth-order valence-corrected chi connectivity index (χ4v) is 3.10. The topological polar surface area (TPSA) is 81.9 Å². The largest absolute Gasteiger partial charge is 0.497 e. The van der Waals surface area contributed by atoms with Gasteiger partial charge in [-0.25, -0.2) is 13.5 Å². The molecule has 3 rings (SSSR count). The molecule has 0 radical (unpaired) electrons. The maximum absolute atomic E-state index is 13.3. The quantitative estimate of drug-likeness (QED) is 0.608. The minimum atomic E-state index is -1.03. The summed E-state index contributed by atoms with van der Waals surface area (Å²) in [4.78, 5) is 12.3. The van der Waals surface area contributed by atoms with Crippen LogP contribution in [-0.4, -0.2) is 38.5 Å². The molecule has 10 heteroatoms. The Bertz CT molecular complexity index is 965. The van der Waals surface area contributed by atoms with E-state index in [1.807, 2.05) is 24.3 Å². The number of thioether (sulfide) groups is 1. The van der Waals surface area contributed by atoms with Crippen molar-refractivity contribution in [2.75, 3.05) is 12.4 Å². The summed E-state index contributed by atoms with van der Waals surface area (Å²) in [6, 6.07) is 10.6. The molecule has 1 N–H and O–H groups in total. The number of anilines is 1. The van der Waals surface area contributed by atoms with E-state index < -0.39 is 16.9 Å². The van der Waals surface area contributed by atoms with Gasteiger partial charge in [-0.3, -0.25) is 4.79 Å². The summed E-state index contributed by atoms with van der Waals surface area (Å²) < 4.78 is 33.0. The lowest BCUT2D eigenvalue weighted by molar-refractivity contribution is -0.115. The lowest BCUT2D eigenvalue weighted by atomic mass is 10.2. The monoisotopic (exact) mass is 405 g/mol. The number of tetrazole rings is 1. The van der Waals surface area contributed by atoms with Crippen molar-refractivity contribution in [3.63, 3.8) is 0 Å². The highest BCUT2D eigenvalue weighted by Crippen LogP contribution is 2.23. The molecule has 0 fully saturated rings. The molecule has 0 aliphatic rings. The number of rotatable bonds is 7. The summed E-state index contributed by atoms with van der Waals surface area (Å²) in [5.41, 5.74) is 1.14. The summed E-state index contributed by atoms with van der Waals surface area (Å²) in [6.45, 7) is 2.10. The summed E-state index contributed by atoms with van der Waals surface area (Å²) in [5, 5.41) is 14.0. The molecule has 7 nitrogen and oxygen atoms in total. The van der Waals surface area contributed by atoms with Crippen LogP contribution in [0.5, 0.6) is 5.75 Å². The minimum Gasteiger partial charge on any atom is -0.497 e. The van der Waals surface area contributed by atoms with Crippen molar-refractivity contribution in [3.05, 3.63) is 59.7 Å². The maximum atomic E-state index is 13.3. The molecule has 0 aliphatic heterocycles. The van der Waals surface area contributed by atoms with Gasteiger partial charge >= 0.3 is 0 Å². The first kappa shape index (κ1) is 19.7. The first-order valence-electron chi connectivity index (χ1n) is 8.28. The Labute approximate surface area is 164 Å². The normalized spacial score (nSPS) is 11.9. The number of aromatic nitrogens is 4. The third kappa shape index (κ3) is 4.83. The molecule has 1 heterocycles. The molecular weight excluding hydrogens is 388 g/mol. The van der Waals surface area contributed by atoms with Crippen LogP contribution in [0.3, 0.4) is 0 Å². The van der Waals surface area contributed by atoms with Gasteiger partial charge in [-0.2, -0.15) is 0 Å². The second-order valence-corrected chi connectivity index (χ2v) is 7.15. The van der Waals surface area contributed by atoms with E-state index in [-0.39, 0.29) is 11.6 Å². The summed E-state index contributed by atoms with van der Waals surface area (Å²) in [5.74, 6) is -1.63. The zero-order valence-electron chi connectivity index (χ0n) is 15.1. The number of carbonyl (C=O) groups excluding carboxylic acids is 1. The molecule has 1 amide bonds. The highest BCUT2D eigenvalue weighted by Gasteiger charge is 2.19. The molecule has 1 aromatic heterocycles. The number of nitrogens with zero attached hydrogens (tertiary/aromatic N) is 4. The van der Waals surface area contributed by atoms with Gasteiger partial charge in [0, 0.05) is 11.8 Å². The smallest absolute Gasteiger partial charge is 0.237 e. The molecule has 0 saturated heterocycles. The van der Waals surface area contributed by atoms with E-state index in [0.717, 1.165) is 35.2 Å². The lowest BCUT2D eigenvalue weighted by Gasteiger charge is -2.12. The number of hydrogen-bond acceptors (Lipinski definition) is 6. The van der Waals surface area contributed by atoms with E-state index >= 15 is 0 Å². The number of hydrogen-bond donors (Lipinski definition) is 1. The zero-order valence-corrected chi connectivity index (χ0v) is 15.9. The van der Waals surface area contributed by atoms with Crippen molar-refractivity contribution >= 4 is 23.4 Å². The standard InChI is InChI=1S/C18H17F2N5O2S/c1-11(17(26)21-13-5-8-15(19)16(20)9-13)28-18-22-23-24-25(18)10-12-3-6-14(27-2)7-4-12/h3-9,11H,10H2,1-2H3,(H,21,26). The number of amides is 1. The number of ether oxygens (including phenoxy) is 1. The average Bonchev–Trinajstić information content (AvgIpc) is 3.12. The Balaban J connectivity index is 1.63. The van der Waals surface area contributed by atoms with E-state index in [2.05, 4.69) is 20.8 Å². The van der Waals surface area contributed by atoms with Gasteiger partial charge in [-0.15, -0.1) is 5.10 Å². The predicted octanol–water partition coefficient (Wildman–Crippen LogP) is 3.13. The van der Waals surface area contributed by atoms with Crippen molar-refractivity contribution in [3.8, 4) is 5.75 Å². The third-order valence-corrected chi connectivity index (χ3v) is 4.90. The van der Waals surface area contributed by atoms with E-state index in [0.29, 0.717) is 11.7 Å². The molecule has 28 heavy (non-hydrogen) atoms. The first-order valence-corrected chi connectivity index (χ1v) is 9.16. The molecule has 3 aromatic rings. The highest BCUT2D eigenvalue weighted by molar-refractivity contribution is 8.00. The Kier molecular flexibility index (Phi) is 6.19. The second kappa shape index (κ2) is 8.79. The van der Waals surface area contributed by atoms with Gasteiger partial charge in [0.25, 0.3) is 0 Å². The van der Waals surface area contributed by atoms with Crippen LogP contribution in [0.25, 0.3) is 0 Å². The van der Waals surface area contributed by atoms with Crippen LogP contribution >= 0.6 is 11.8 Å². The molecule has 0 saturated carbocycles. The molecule has 0 aliphatic carbocycles. The van der Waals surface area contributed by atoms with Crippen LogP contribution in [0.1, 0.15) is 12.5 Å². The van der Waals surface area contributed by atoms with Gasteiger partial charge in [-0.05, 0) is 47.2 Å². The summed E-state index contributed by atoms with van der Waals surface area (Å²) in [7, 11) is 1.60. The average molecular weight is 405 g/mol. The molecular formula is C18H17F2N5O2S. The van der Waals surface area contributed by atoms with Crippen LogP contribution in [0.4, 0.5) is 14.5 Å². The number of carbonyl (C=O) groups is 1. The molecule has 1 unspecified atom stereocenters. The van der Waals surface area contributed by atoms with E-state index in [4.69, 9.17) is 4.74 Å². The Morgan fingerprint density at radius 2 is 1.96 bits per heavy atom. The second-order valence-electron chi connectivity index (χ2n) is 5.85. The SMILES string of the molecule is COc1ccc(Cn2nnnc2SC(C)C(=O)Nc2ccc(F)c(F)c2)cc1. The molecule has 2 aromatic carbocycles. The van der Waals surface area contributed by atoms with Crippen molar-refractivity contribution in [2.24, 2.45) is 0 Å². The van der Waals surface area contributed by atoms with Crippen molar-refractivity contribution < 1.29 is 18.3 Å². The minimum absolute atomic E-state index is 0.175. The Morgan fingerprint density at radius 1 is 1.21 bits per heavy atom. The van der Waals surface area contributed by atoms with Crippen LogP contribution in [-0.2, 0) is 11.3 Å². The van der Waals surface area contributed by atoms with E-state index in [9.17, 15) is 13.6 Å². The fourth-order valence-electron chi connectivity index (χ4n) is 2.31. The van der Waals surface area contributed by atoms with Gasteiger partial charge in [0.05, 0.1) is 18.9 Å². The van der Waals surface area contributed by atoms with Crippen LogP contribution in [0, 0.1) is 11.6 Å². The van der Waals surface area contributed by atoms with Crippen LogP contribution in [0.15, 0.2) is 47.6 Å². The molecule has 0 spiro atoms. The summed E-state index contributed by atoms with van der Waals surface area (Å²) in [6.07, 6.45) is 0. The van der Waals surface area contributed by atoms with Gasteiger partial charge in [0.15, 0.2) is 11.6 Å². The van der Waals surface area contributed by atoms with E-state index in [1.54, 1.807) is 18.7 Å². The number of benzene rings is 2. The van der Waals surface area contributed by atoms with Crippen molar-refractivity contribution in [1.82, 2.24) is 20.2 Å². The third-order valence-electron chi connectivity index (χ3n) is 3.83. The molecule has 146 valence electrons.